The highest BCUT2D eigenvalue weighted by Gasteiger charge is 1.83. The van der Waals surface area contributed by atoms with Crippen molar-refractivity contribution in [2.75, 3.05) is 13.1 Å². The molecule has 2 nitrogen and oxygen atoms in total. The molecule has 0 atom stereocenters. The van der Waals surface area contributed by atoms with E-state index in [2.05, 4.69) is 0 Å². The Morgan fingerprint density at radius 1 is 0.625 bits per heavy atom. The average molecular weight is 118 g/mol. The number of hydrogen-bond donors (Lipinski definition) is 2. The molecule has 0 aliphatic rings. The number of hydrogen-bond acceptors (Lipinski definition) is 2. The first-order chi connectivity index (χ1) is 3.91. The van der Waals surface area contributed by atoms with Crippen LogP contribution in [0.2, 0.25) is 0 Å². The van der Waals surface area contributed by atoms with Gasteiger partial charge in [0.05, 0.1) is 0 Å². The van der Waals surface area contributed by atoms with Gasteiger partial charge in [0.2, 0.25) is 0 Å². The monoisotopic (exact) mass is 118 g/mol. The van der Waals surface area contributed by atoms with Gasteiger partial charge in [0, 0.05) is 0 Å². The van der Waals surface area contributed by atoms with E-state index in [4.69, 9.17) is 11.5 Å². The number of nitrogens with two attached hydrogens (primary N) is 2. The molecule has 0 bridgehead atoms. The number of rotatable bonds is 5. The molecular weight excluding hydrogens is 102 g/mol. The molecule has 0 fully saturated rings. The minimum atomic E-state index is 0.824. The highest BCUT2D eigenvalue weighted by molar-refractivity contribution is 4.43. The van der Waals surface area contributed by atoms with E-state index < -0.39 is 0 Å². The quantitative estimate of drug-likeness (QED) is 0.407. The van der Waals surface area contributed by atoms with Gasteiger partial charge in [0.15, 0.2) is 0 Å². The van der Waals surface area contributed by atoms with Crippen LogP contribution in [0.4, 0.5) is 0 Å². The summed E-state index contributed by atoms with van der Waals surface area (Å²) >= 11 is 0. The SMILES string of the molecule is [15NH2]CCCCCC[15NH2]. The molecule has 0 radical (unpaired) electrons. The Hall–Kier alpha value is -0.0800. The largest absolute Gasteiger partial charge is 0.330 e. The molecule has 0 heterocycles. The van der Waals surface area contributed by atoms with Gasteiger partial charge < -0.3 is 11.5 Å². The van der Waals surface area contributed by atoms with Crippen molar-refractivity contribution in [2.24, 2.45) is 11.5 Å². The highest BCUT2D eigenvalue weighted by atomic mass is 15.3. The zero-order valence-electron chi connectivity index (χ0n) is 5.40. The van der Waals surface area contributed by atoms with E-state index in [0.29, 0.717) is 0 Å². The molecule has 0 spiro atoms. The van der Waals surface area contributed by atoms with E-state index in [9.17, 15) is 0 Å². The summed E-state index contributed by atoms with van der Waals surface area (Å²) in [5.74, 6) is 0. The molecule has 8 heavy (non-hydrogen) atoms. The first-order valence-corrected chi connectivity index (χ1v) is 3.32. The van der Waals surface area contributed by atoms with Crippen molar-refractivity contribution in [3.05, 3.63) is 0 Å². The summed E-state index contributed by atoms with van der Waals surface area (Å²) in [7, 11) is 0. The fourth-order valence-corrected chi connectivity index (χ4v) is 0.642. The molecule has 50 valence electrons. The van der Waals surface area contributed by atoms with Crippen molar-refractivity contribution in [3.8, 4) is 0 Å². The van der Waals surface area contributed by atoms with E-state index in [1.807, 2.05) is 0 Å². The van der Waals surface area contributed by atoms with E-state index in [1.165, 1.54) is 12.8 Å². The van der Waals surface area contributed by atoms with Gasteiger partial charge in [0.1, 0.15) is 0 Å². The summed E-state index contributed by atoms with van der Waals surface area (Å²) in [4.78, 5) is 0. The van der Waals surface area contributed by atoms with Gasteiger partial charge in [-0.1, -0.05) is 12.8 Å². The second-order valence-corrected chi connectivity index (χ2v) is 1.99. The maximum absolute atomic E-state index is 5.28. The van der Waals surface area contributed by atoms with Crippen molar-refractivity contribution in [3.63, 3.8) is 0 Å². The third-order valence-corrected chi connectivity index (χ3v) is 1.16. The standard InChI is InChI=1S/C6H16N2/c7-5-3-1-2-4-6-8/h1-8H2/i7+1,8+1. The molecule has 0 saturated carbocycles. The molecule has 0 saturated heterocycles. The predicted molar refractivity (Wildman–Crippen MR) is 36.6 cm³/mol. The maximum atomic E-state index is 5.28. The lowest BCUT2D eigenvalue weighted by Gasteiger charge is -1.94. The van der Waals surface area contributed by atoms with Crippen LogP contribution >= 0.6 is 0 Å². The van der Waals surface area contributed by atoms with Gasteiger partial charge in [0.25, 0.3) is 0 Å². The Morgan fingerprint density at radius 2 is 1.00 bits per heavy atom. The summed E-state index contributed by atoms with van der Waals surface area (Å²) in [6, 6.07) is 0. The molecule has 0 unspecified atom stereocenters. The van der Waals surface area contributed by atoms with Crippen LogP contribution in [0.3, 0.4) is 0 Å². The number of unbranched alkanes of at least 4 members (excludes halogenated alkanes) is 3. The molecule has 0 aromatic rings. The van der Waals surface area contributed by atoms with Crippen molar-refractivity contribution < 1.29 is 0 Å². The first kappa shape index (κ1) is 7.92. The third kappa shape index (κ3) is 5.92. The summed E-state index contributed by atoms with van der Waals surface area (Å²) in [6.07, 6.45) is 4.79. The topological polar surface area (TPSA) is 52.0 Å². The predicted octanol–water partition coefficient (Wildman–Crippen LogP) is 0.464. The smallest absolute Gasteiger partial charge is 0.00773 e. The Labute approximate surface area is 51.2 Å². The average Bonchev–Trinajstić information content (AvgIpc) is 1.81. The van der Waals surface area contributed by atoms with Crippen LogP contribution in [0.1, 0.15) is 25.7 Å². The van der Waals surface area contributed by atoms with Crippen LogP contribution in [0.5, 0.6) is 0 Å². The lowest BCUT2D eigenvalue weighted by molar-refractivity contribution is 0.653. The van der Waals surface area contributed by atoms with Crippen LogP contribution in [0, 0.1) is 0 Å². The molecule has 0 amide bonds. The van der Waals surface area contributed by atoms with Crippen LogP contribution in [0.15, 0.2) is 0 Å². The van der Waals surface area contributed by atoms with Crippen LogP contribution in [-0.2, 0) is 0 Å². The van der Waals surface area contributed by atoms with Gasteiger partial charge in [-0.25, -0.2) is 0 Å². The van der Waals surface area contributed by atoms with Crippen molar-refractivity contribution >= 4 is 0 Å². The summed E-state index contributed by atoms with van der Waals surface area (Å²) in [6.45, 7) is 1.65. The zero-order chi connectivity index (χ0) is 6.24. The van der Waals surface area contributed by atoms with E-state index in [0.717, 1.165) is 25.9 Å². The summed E-state index contributed by atoms with van der Waals surface area (Å²) in [5, 5.41) is 0. The highest BCUT2D eigenvalue weighted by Crippen LogP contribution is 1.95. The van der Waals surface area contributed by atoms with Crippen LogP contribution in [0.25, 0.3) is 0 Å². The van der Waals surface area contributed by atoms with Crippen molar-refractivity contribution in [1.82, 2.24) is 0 Å². The van der Waals surface area contributed by atoms with Gasteiger partial charge in [-0.2, -0.15) is 0 Å². The molecular formula is C6H16N2. The maximum Gasteiger partial charge on any atom is -0.00773 e. The fraction of sp³-hybridized carbons (Fsp3) is 1.00. The third-order valence-electron chi connectivity index (χ3n) is 1.16. The van der Waals surface area contributed by atoms with Gasteiger partial charge >= 0.3 is 0 Å². The lowest BCUT2D eigenvalue weighted by atomic mass is 10.2. The molecule has 0 aromatic carbocycles. The molecule has 4 N–H and O–H groups in total. The van der Waals surface area contributed by atoms with E-state index in [1.54, 1.807) is 0 Å². The Balaban J connectivity index is 2.53. The van der Waals surface area contributed by atoms with E-state index >= 15 is 0 Å². The molecule has 2 heteroatoms. The van der Waals surface area contributed by atoms with Crippen molar-refractivity contribution in [2.45, 2.75) is 25.7 Å². The second kappa shape index (κ2) is 6.92. The Kier molecular flexibility index (Phi) is 6.85. The first-order valence-electron chi connectivity index (χ1n) is 3.32. The second-order valence-electron chi connectivity index (χ2n) is 1.99. The minimum Gasteiger partial charge on any atom is -0.330 e. The summed E-state index contributed by atoms with van der Waals surface area (Å²) in [5.41, 5.74) is 10.6. The molecule has 0 aromatic heterocycles. The Bertz CT molecular complexity index is 31.5. The van der Waals surface area contributed by atoms with Gasteiger partial charge in [-0.15, -0.1) is 0 Å². The molecule has 0 aliphatic carbocycles. The molecule has 0 aliphatic heterocycles. The fourth-order valence-electron chi connectivity index (χ4n) is 0.642. The zero-order valence-corrected chi connectivity index (χ0v) is 5.40. The lowest BCUT2D eigenvalue weighted by Crippen LogP contribution is -2.00. The minimum absolute atomic E-state index is 0.824. The normalized spacial score (nSPS) is 9.75. The van der Waals surface area contributed by atoms with Crippen molar-refractivity contribution in [1.29, 1.82) is 0 Å². The van der Waals surface area contributed by atoms with Gasteiger partial charge in [-0.05, 0) is 25.9 Å². The molecule has 0 rings (SSSR count). The van der Waals surface area contributed by atoms with Gasteiger partial charge in [-0.3, -0.25) is 0 Å². The summed E-state index contributed by atoms with van der Waals surface area (Å²) < 4.78 is 0. The van der Waals surface area contributed by atoms with Crippen LogP contribution in [-0.4, -0.2) is 13.1 Å². The van der Waals surface area contributed by atoms with E-state index in [-0.39, 0.29) is 0 Å². The van der Waals surface area contributed by atoms with Crippen LogP contribution < -0.4 is 11.5 Å². The Morgan fingerprint density at radius 3 is 1.25 bits per heavy atom.